The molecule has 1 unspecified atom stereocenters. The van der Waals surface area contributed by atoms with E-state index in [1.54, 1.807) is 35.0 Å². The van der Waals surface area contributed by atoms with E-state index in [1.165, 1.54) is 12.1 Å². The van der Waals surface area contributed by atoms with Crippen LogP contribution in [0.25, 0.3) is 33.2 Å². The van der Waals surface area contributed by atoms with Crippen LogP contribution in [0.5, 0.6) is 0 Å². The number of hydrogen-bond donors (Lipinski definition) is 2. The molecule has 8 heteroatoms. The number of para-hydroxylation sites is 1. The number of halogens is 1. The third-order valence-electron chi connectivity index (χ3n) is 5.72. The van der Waals surface area contributed by atoms with Crippen molar-refractivity contribution >= 4 is 45.1 Å². The molecule has 5 rings (SSSR count). The zero-order valence-electron chi connectivity index (χ0n) is 18.4. The van der Waals surface area contributed by atoms with Crippen molar-refractivity contribution < 1.29 is 14.3 Å². The first-order chi connectivity index (χ1) is 16.3. The second-order valence-corrected chi connectivity index (χ2v) is 8.58. The summed E-state index contributed by atoms with van der Waals surface area (Å²) in [4.78, 5) is 24.7. The number of carboxylic acids is 1. The zero-order chi connectivity index (χ0) is 24.0. The Morgan fingerprint density at radius 2 is 1.94 bits per heavy atom. The fourth-order valence-corrected chi connectivity index (χ4v) is 4.35. The van der Waals surface area contributed by atoms with Crippen molar-refractivity contribution in [1.82, 2.24) is 9.78 Å². The molecule has 0 aliphatic carbocycles. The SMILES string of the molecule is CC(Nc1ccccc1C(=O)O)c1cc(Cl)cc2c(=O)cc(-c3ccc4nn(C)cc4c3)oc12. The molecular weight excluding hydrogens is 454 g/mol. The summed E-state index contributed by atoms with van der Waals surface area (Å²) in [7, 11) is 1.85. The number of benzene rings is 3. The topological polar surface area (TPSA) is 97.4 Å². The molecule has 0 amide bonds. The number of carbonyl (C=O) groups is 1. The van der Waals surface area contributed by atoms with Crippen molar-refractivity contribution in [3.8, 4) is 11.3 Å². The fraction of sp³-hybridized carbons (Fsp3) is 0.115. The Bertz CT molecular complexity index is 1640. The molecule has 0 aliphatic rings. The number of aryl methyl sites for hydroxylation is 1. The fourth-order valence-electron chi connectivity index (χ4n) is 4.12. The van der Waals surface area contributed by atoms with E-state index in [-0.39, 0.29) is 11.0 Å². The van der Waals surface area contributed by atoms with Gasteiger partial charge in [-0.3, -0.25) is 9.48 Å². The van der Waals surface area contributed by atoms with Crippen LogP contribution in [0.2, 0.25) is 5.02 Å². The Kier molecular flexibility index (Phi) is 5.34. The summed E-state index contributed by atoms with van der Waals surface area (Å²) < 4.78 is 7.99. The standard InChI is InChI=1S/C26H20ClN3O4/c1-14(28-22-6-4-3-5-18(22)26(32)33)19-10-17(27)11-20-23(31)12-24(34-25(19)20)15-7-8-21-16(9-15)13-30(2)29-21/h3-14,28H,1-2H3,(H,32,33). The van der Waals surface area contributed by atoms with Crippen LogP contribution in [-0.4, -0.2) is 20.9 Å². The molecule has 0 aliphatic heterocycles. The van der Waals surface area contributed by atoms with Crippen molar-refractivity contribution in [3.63, 3.8) is 0 Å². The Morgan fingerprint density at radius 1 is 1.15 bits per heavy atom. The number of aromatic carboxylic acids is 1. The number of nitrogens with one attached hydrogen (secondary N) is 1. The van der Waals surface area contributed by atoms with Gasteiger partial charge in [-0.05, 0) is 49.4 Å². The smallest absolute Gasteiger partial charge is 0.337 e. The number of anilines is 1. The van der Waals surface area contributed by atoms with Gasteiger partial charge in [0, 0.05) is 46.5 Å². The Morgan fingerprint density at radius 3 is 2.74 bits per heavy atom. The molecule has 0 radical (unpaired) electrons. The van der Waals surface area contributed by atoms with E-state index in [1.807, 2.05) is 38.4 Å². The minimum Gasteiger partial charge on any atom is -0.478 e. The summed E-state index contributed by atoms with van der Waals surface area (Å²) >= 11 is 6.34. The van der Waals surface area contributed by atoms with Crippen molar-refractivity contribution in [1.29, 1.82) is 0 Å². The summed E-state index contributed by atoms with van der Waals surface area (Å²) in [5.74, 6) is -0.615. The van der Waals surface area contributed by atoms with Crippen LogP contribution in [0, 0.1) is 0 Å². The molecule has 0 fully saturated rings. The number of hydrogen-bond acceptors (Lipinski definition) is 5. The number of rotatable bonds is 5. The average Bonchev–Trinajstić information content (AvgIpc) is 3.18. The number of fused-ring (bicyclic) bond motifs is 2. The first-order valence-electron chi connectivity index (χ1n) is 10.6. The van der Waals surface area contributed by atoms with Crippen molar-refractivity contribution in [3.05, 3.63) is 93.2 Å². The molecular formula is C26H20ClN3O4. The van der Waals surface area contributed by atoms with E-state index in [0.29, 0.717) is 33.0 Å². The molecule has 0 saturated carbocycles. The number of nitrogens with zero attached hydrogens (tertiary/aromatic N) is 2. The second kappa shape index (κ2) is 8.35. The zero-order valence-corrected chi connectivity index (χ0v) is 19.1. The molecule has 7 nitrogen and oxygen atoms in total. The summed E-state index contributed by atoms with van der Waals surface area (Å²) in [6.07, 6.45) is 1.90. The predicted octanol–water partition coefficient (Wildman–Crippen LogP) is 5.87. The lowest BCUT2D eigenvalue weighted by Crippen LogP contribution is -2.12. The van der Waals surface area contributed by atoms with Gasteiger partial charge in [-0.15, -0.1) is 0 Å². The summed E-state index contributed by atoms with van der Waals surface area (Å²) in [6, 6.07) is 16.7. The van der Waals surface area contributed by atoms with Crippen molar-refractivity contribution in [2.45, 2.75) is 13.0 Å². The van der Waals surface area contributed by atoms with E-state index >= 15 is 0 Å². The molecule has 2 N–H and O–H groups in total. The molecule has 170 valence electrons. The maximum atomic E-state index is 13.0. The quantitative estimate of drug-likeness (QED) is 0.331. The van der Waals surface area contributed by atoms with Crippen LogP contribution in [0.15, 0.2) is 76.1 Å². The molecule has 0 spiro atoms. The third-order valence-corrected chi connectivity index (χ3v) is 5.94. The first kappa shape index (κ1) is 21.7. The molecule has 0 saturated heterocycles. The molecule has 3 aromatic carbocycles. The maximum absolute atomic E-state index is 13.0. The van der Waals surface area contributed by atoms with Gasteiger partial charge in [-0.25, -0.2) is 4.79 Å². The monoisotopic (exact) mass is 473 g/mol. The van der Waals surface area contributed by atoms with Crippen molar-refractivity contribution in [2.75, 3.05) is 5.32 Å². The lowest BCUT2D eigenvalue weighted by molar-refractivity contribution is 0.0698. The Labute approximate surface area is 199 Å². The van der Waals surface area contributed by atoms with E-state index in [2.05, 4.69) is 10.4 Å². The number of aromatic nitrogens is 2. The lowest BCUT2D eigenvalue weighted by atomic mass is 10.0. The van der Waals surface area contributed by atoms with E-state index in [9.17, 15) is 14.7 Å². The van der Waals surface area contributed by atoms with Gasteiger partial charge < -0.3 is 14.8 Å². The molecule has 0 bridgehead atoms. The lowest BCUT2D eigenvalue weighted by Gasteiger charge is -2.19. The summed E-state index contributed by atoms with van der Waals surface area (Å²) in [6.45, 7) is 1.86. The molecule has 5 aromatic rings. The van der Waals surface area contributed by atoms with Gasteiger partial charge in [0.25, 0.3) is 0 Å². The highest BCUT2D eigenvalue weighted by Gasteiger charge is 2.19. The van der Waals surface area contributed by atoms with Crippen LogP contribution in [0.3, 0.4) is 0 Å². The van der Waals surface area contributed by atoms with Gasteiger partial charge >= 0.3 is 5.97 Å². The number of carboxylic acid groups (broad SMARTS) is 1. The van der Waals surface area contributed by atoms with E-state index in [4.69, 9.17) is 16.0 Å². The minimum atomic E-state index is -1.04. The van der Waals surface area contributed by atoms with Gasteiger partial charge in [0.2, 0.25) is 0 Å². The summed E-state index contributed by atoms with van der Waals surface area (Å²) in [5, 5.41) is 18.8. The second-order valence-electron chi connectivity index (χ2n) is 8.14. The van der Waals surface area contributed by atoms with Gasteiger partial charge in [0.05, 0.1) is 22.5 Å². The summed E-state index contributed by atoms with van der Waals surface area (Å²) in [5.41, 5.74) is 3.01. The van der Waals surface area contributed by atoms with Gasteiger partial charge in [0.15, 0.2) is 5.43 Å². The Balaban J connectivity index is 1.64. The average molecular weight is 474 g/mol. The first-order valence-corrected chi connectivity index (χ1v) is 11.0. The Hall–Kier alpha value is -4.10. The van der Waals surface area contributed by atoms with Crippen molar-refractivity contribution in [2.24, 2.45) is 7.05 Å². The van der Waals surface area contributed by atoms with E-state index in [0.717, 1.165) is 16.5 Å². The maximum Gasteiger partial charge on any atom is 0.337 e. The highest BCUT2D eigenvalue weighted by atomic mass is 35.5. The van der Waals surface area contributed by atoms with E-state index < -0.39 is 12.0 Å². The highest BCUT2D eigenvalue weighted by molar-refractivity contribution is 6.31. The minimum absolute atomic E-state index is 0.146. The normalized spacial score (nSPS) is 12.2. The van der Waals surface area contributed by atoms with Crippen LogP contribution in [-0.2, 0) is 7.05 Å². The van der Waals surface area contributed by atoms with Crippen LogP contribution < -0.4 is 10.7 Å². The van der Waals surface area contributed by atoms with Gasteiger partial charge in [-0.1, -0.05) is 23.7 Å². The molecule has 34 heavy (non-hydrogen) atoms. The molecule has 2 heterocycles. The van der Waals surface area contributed by atoms with Crippen LogP contribution in [0.1, 0.15) is 28.9 Å². The van der Waals surface area contributed by atoms with Crippen LogP contribution >= 0.6 is 11.6 Å². The van der Waals surface area contributed by atoms with Gasteiger partial charge in [-0.2, -0.15) is 5.10 Å². The van der Waals surface area contributed by atoms with Crippen LogP contribution in [0.4, 0.5) is 5.69 Å². The van der Waals surface area contributed by atoms with Gasteiger partial charge in [0.1, 0.15) is 11.3 Å². The third kappa shape index (κ3) is 3.91. The highest BCUT2D eigenvalue weighted by Crippen LogP contribution is 2.33. The molecule has 2 aromatic heterocycles. The predicted molar refractivity (Wildman–Crippen MR) is 133 cm³/mol. The largest absolute Gasteiger partial charge is 0.478 e. The molecule has 1 atom stereocenters.